The van der Waals surface area contributed by atoms with Crippen molar-refractivity contribution in [2.24, 2.45) is 0 Å². The maximum absolute atomic E-state index is 11.8. The first-order chi connectivity index (χ1) is 11.2. The predicted molar refractivity (Wildman–Crippen MR) is 77.8 cm³/mol. The lowest BCUT2D eigenvalue weighted by Gasteiger charge is -2.07. The largest absolute Gasteiger partial charge is 0.349 e. The minimum absolute atomic E-state index is 0.212. The summed E-state index contributed by atoms with van der Waals surface area (Å²) in [6.07, 6.45) is 7.13. The second-order valence-electron chi connectivity index (χ2n) is 4.44. The van der Waals surface area contributed by atoms with Gasteiger partial charge < -0.3 is 5.32 Å². The number of nitrogens with one attached hydrogen (secondary N) is 1. The molecule has 0 unspecified atom stereocenters. The van der Waals surface area contributed by atoms with Crippen LogP contribution in [-0.2, 0) is 6.54 Å². The van der Waals surface area contributed by atoms with Gasteiger partial charge in [-0.25, -0.2) is 19.3 Å². The van der Waals surface area contributed by atoms with Gasteiger partial charge >= 0.3 is 0 Å². The molecule has 23 heavy (non-hydrogen) atoms. The Kier molecular flexibility index (Phi) is 4.13. The summed E-state index contributed by atoms with van der Waals surface area (Å²) in [6.45, 7) is 0.441. The summed E-state index contributed by atoms with van der Waals surface area (Å²) in [4.78, 5) is 35.2. The highest BCUT2D eigenvalue weighted by atomic mass is 16.2. The Morgan fingerprint density at radius 3 is 2.87 bits per heavy atom. The minimum atomic E-state index is -0.362. The van der Waals surface area contributed by atoms with E-state index in [1.807, 2.05) is 0 Å². The zero-order valence-electron chi connectivity index (χ0n) is 11.9. The monoisotopic (exact) mass is 312 g/mol. The van der Waals surface area contributed by atoms with Gasteiger partial charge in [0.25, 0.3) is 11.5 Å². The number of rotatable bonds is 5. The van der Waals surface area contributed by atoms with Gasteiger partial charge in [-0.3, -0.25) is 14.6 Å². The van der Waals surface area contributed by atoms with Crippen LogP contribution in [0.25, 0.3) is 5.82 Å². The quantitative estimate of drug-likeness (QED) is 0.644. The number of hydrogen-bond acceptors (Lipinski definition) is 7. The van der Waals surface area contributed by atoms with E-state index in [1.165, 1.54) is 46.7 Å². The second kappa shape index (κ2) is 6.56. The fourth-order valence-corrected chi connectivity index (χ4v) is 1.83. The van der Waals surface area contributed by atoms with Crippen LogP contribution >= 0.6 is 0 Å². The molecule has 10 nitrogen and oxygen atoms in total. The standard InChI is InChI=1S/C13H12N8O2/c22-12-2-1-11(21-9-15-8-18-21)19-20(12)6-5-17-13(23)10-7-14-3-4-16-10/h1-4,7-9H,5-6H2,(H,17,23). The lowest BCUT2D eigenvalue weighted by atomic mass is 10.4. The van der Waals surface area contributed by atoms with E-state index >= 15 is 0 Å². The van der Waals surface area contributed by atoms with Gasteiger partial charge in [-0.15, -0.1) is 5.10 Å². The third-order valence-corrected chi connectivity index (χ3v) is 2.91. The summed E-state index contributed by atoms with van der Waals surface area (Å²) in [6, 6.07) is 2.93. The van der Waals surface area contributed by atoms with Crippen molar-refractivity contribution >= 4 is 5.91 Å². The molecule has 3 aromatic rings. The number of amides is 1. The van der Waals surface area contributed by atoms with Gasteiger partial charge in [0.1, 0.15) is 18.3 Å². The van der Waals surface area contributed by atoms with Gasteiger partial charge in [-0.05, 0) is 6.07 Å². The van der Waals surface area contributed by atoms with Gasteiger partial charge in [-0.2, -0.15) is 5.10 Å². The van der Waals surface area contributed by atoms with Crippen molar-refractivity contribution in [2.45, 2.75) is 6.54 Å². The normalized spacial score (nSPS) is 10.4. The van der Waals surface area contributed by atoms with Crippen LogP contribution in [0.2, 0.25) is 0 Å². The van der Waals surface area contributed by atoms with E-state index in [0.29, 0.717) is 5.82 Å². The van der Waals surface area contributed by atoms with Crippen LogP contribution in [0.5, 0.6) is 0 Å². The van der Waals surface area contributed by atoms with Crippen LogP contribution in [0, 0.1) is 0 Å². The van der Waals surface area contributed by atoms with Gasteiger partial charge in [-0.1, -0.05) is 0 Å². The molecule has 0 bridgehead atoms. The summed E-state index contributed by atoms with van der Waals surface area (Å²) in [5.41, 5.74) is -0.0632. The Hall–Kier alpha value is -3.43. The van der Waals surface area contributed by atoms with Crippen LogP contribution in [-0.4, -0.2) is 47.0 Å². The zero-order chi connectivity index (χ0) is 16.1. The van der Waals surface area contributed by atoms with Crippen molar-refractivity contribution < 1.29 is 4.79 Å². The average molecular weight is 312 g/mol. The van der Waals surface area contributed by atoms with Crippen molar-refractivity contribution in [3.05, 3.63) is 59.4 Å². The first kappa shape index (κ1) is 14.5. The molecule has 0 radical (unpaired) electrons. The Morgan fingerprint density at radius 2 is 2.13 bits per heavy atom. The predicted octanol–water partition coefficient (Wildman–Crippen LogP) is -0.956. The fraction of sp³-hybridized carbons (Fsp3) is 0.154. The Labute approximate surface area is 129 Å². The van der Waals surface area contributed by atoms with E-state index in [-0.39, 0.29) is 30.2 Å². The van der Waals surface area contributed by atoms with Gasteiger partial charge in [0, 0.05) is 25.0 Å². The van der Waals surface area contributed by atoms with Crippen LogP contribution in [0.4, 0.5) is 0 Å². The molecule has 0 spiro atoms. The molecule has 1 N–H and O–H groups in total. The summed E-state index contributed by atoms with van der Waals surface area (Å²) < 4.78 is 2.68. The van der Waals surface area contributed by atoms with Gasteiger partial charge in [0.15, 0.2) is 5.82 Å². The molecule has 0 aromatic carbocycles. The van der Waals surface area contributed by atoms with Crippen LogP contribution in [0.15, 0.2) is 48.2 Å². The Balaban J connectivity index is 1.65. The average Bonchev–Trinajstić information content (AvgIpc) is 3.12. The highest BCUT2D eigenvalue weighted by molar-refractivity contribution is 5.91. The first-order valence-corrected chi connectivity index (χ1v) is 6.71. The van der Waals surface area contributed by atoms with Gasteiger partial charge in [0.05, 0.1) is 12.7 Å². The third-order valence-electron chi connectivity index (χ3n) is 2.91. The Morgan fingerprint density at radius 1 is 1.22 bits per heavy atom. The van der Waals surface area contributed by atoms with Crippen molar-refractivity contribution in [1.29, 1.82) is 0 Å². The number of hydrogen-bond donors (Lipinski definition) is 1. The number of carbonyl (C=O) groups excluding carboxylic acids is 1. The molecule has 0 saturated heterocycles. The van der Waals surface area contributed by atoms with Gasteiger partial charge in [0.2, 0.25) is 0 Å². The van der Waals surface area contributed by atoms with Crippen LogP contribution in [0.1, 0.15) is 10.5 Å². The van der Waals surface area contributed by atoms with Crippen molar-refractivity contribution in [2.75, 3.05) is 6.54 Å². The van der Waals surface area contributed by atoms with E-state index in [4.69, 9.17) is 0 Å². The van der Waals surface area contributed by atoms with E-state index in [9.17, 15) is 9.59 Å². The molecule has 0 atom stereocenters. The molecule has 1 amide bonds. The summed E-state index contributed by atoms with van der Waals surface area (Å²) in [5.74, 6) is 0.0981. The zero-order valence-corrected chi connectivity index (χ0v) is 11.9. The molecule has 0 aliphatic heterocycles. The lowest BCUT2D eigenvalue weighted by molar-refractivity contribution is 0.0946. The second-order valence-corrected chi connectivity index (χ2v) is 4.44. The molecule has 10 heteroatoms. The molecule has 0 aliphatic rings. The molecule has 0 fully saturated rings. The number of aromatic nitrogens is 7. The summed E-state index contributed by atoms with van der Waals surface area (Å²) >= 11 is 0. The van der Waals surface area contributed by atoms with Crippen LogP contribution in [0.3, 0.4) is 0 Å². The molecular weight excluding hydrogens is 300 g/mol. The number of nitrogens with zero attached hydrogens (tertiary/aromatic N) is 7. The lowest BCUT2D eigenvalue weighted by Crippen LogP contribution is -2.32. The van der Waals surface area contributed by atoms with E-state index in [2.05, 4.69) is 30.5 Å². The van der Waals surface area contributed by atoms with E-state index in [0.717, 1.165) is 0 Å². The molecule has 3 aromatic heterocycles. The number of carbonyl (C=O) groups is 1. The molecular formula is C13H12N8O2. The SMILES string of the molecule is O=C(NCCn1nc(-n2cncn2)ccc1=O)c1cnccn1. The molecule has 0 saturated carbocycles. The van der Waals surface area contributed by atoms with Crippen LogP contribution < -0.4 is 10.9 Å². The molecule has 3 rings (SSSR count). The highest BCUT2D eigenvalue weighted by Crippen LogP contribution is 1.96. The molecule has 0 aliphatic carbocycles. The first-order valence-electron chi connectivity index (χ1n) is 6.71. The summed E-state index contributed by atoms with van der Waals surface area (Å²) in [7, 11) is 0. The van der Waals surface area contributed by atoms with E-state index in [1.54, 1.807) is 6.07 Å². The minimum Gasteiger partial charge on any atom is -0.349 e. The van der Waals surface area contributed by atoms with E-state index < -0.39 is 0 Å². The third kappa shape index (κ3) is 3.43. The highest BCUT2D eigenvalue weighted by Gasteiger charge is 2.07. The molecule has 116 valence electrons. The maximum atomic E-state index is 11.8. The summed E-state index contributed by atoms with van der Waals surface area (Å²) in [5, 5.41) is 10.8. The fourth-order valence-electron chi connectivity index (χ4n) is 1.83. The smallest absolute Gasteiger partial charge is 0.271 e. The van der Waals surface area contributed by atoms with Crippen molar-refractivity contribution in [3.63, 3.8) is 0 Å². The van der Waals surface area contributed by atoms with Crippen molar-refractivity contribution in [1.82, 2.24) is 39.8 Å². The topological polar surface area (TPSA) is 120 Å². The maximum Gasteiger partial charge on any atom is 0.271 e. The molecule has 3 heterocycles. The van der Waals surface area contributed by atoms with Crippen molar-refractivity contribution in [3.8, 4) is 5.82 Å². The Bertz CT molecular complexity index is 844.